The minimum absolute atomic E-state index is 0. The van der Waals surface area contributed by atoms with Crippen molar-refractivity contribution in [2.75, 3.05) is 71.4 Å². The van der Waals surface area contributed by atoms with Gasteiger partial charge < -0.3 is 15.1 Å². The maximum atomic E-state index is 12.4. The topological polar surface area (TPSA) is 51.2 Å². The molecule has 2 fully saturated rings. The first-order valence-electron chi connectivity index (χ1n) is 9.19. The Morgan fingerprint density at radius 1 is 1.04 bits per heavy atom. The molecule has 2 heterocycles. The van der Waals surface area contributed by atoms with Crippen LogP contribution in [0.4, 0.5) is 0 Å². The molecule has 2 aliphatic heterocycles. The summed E-state index contributed by atoms with van der Waals surface area (Å²) >= 11 is 1.88. The number of thioether (sulfide) groups is 1. The minimum Gasteiger partial charge on any atom is -0.356 e. The molecule has 0 aliphatic carbocycles. The van der Waals surface area contributed by atoms with Crippen molar-refractivity contribution in [3.63, 3.8) is 0 Å². The number of rotatable bonds is 6. The molecule has 0 saturated carbocycles. The molecule has 2 rings (SSSR count). The highest BCUT2D eigenvalue weighted by atomic mass is 127. The number of aliphatic imine (C=N–C) groups is 1. The van der Waals surface area contributed by atoms with Crippen molar-refractivity contribution in [2.24, 2.45) is 4.99 Å². The van der Waals surface area contributed by atoms with E-state index in [1.54, 1.807) is 0 Å². The van der Waals surface area contributed by atoms with Gasteiger partial charge in [-0.25, -0.2) is 0 Å². The van der Waals surface area contributed by atoms with Gasteiger partial charge in [-0.15, -0.1) is 24.0 Å². The van der Waals surface area contributed by atoms with Crippen molar-refractivity contribution in [3.8, 4) is 0 Å². The van der Waals surface area contributed by atoms with Crippen LogP contribution in [0.15, 0.2) is 4.99 Å². The van der Waals surface area contributed by atoms with E-state index < -0.39 is 0 Å². The van der Waals surface area contributed by atoms with Crippen LogP contribution in [0.1, 0.15) is 25.7 Å². The number of piperidine rings is 1. The predicted molar refractivity (Wildman–Crippen MR) is 118 cm³/mol. The zero-order valence-electron chi connectivity index (χ0n) is 15.7. The third-order valence-electron chi connectivity index (χ3n) is 4.76. The van der Waals surface area contributed by atoms with Crippen LogP contribution in [0.25, 0.3) is 0 Å². The van der Waals surface area contributed by atoms with E-state index in [4.69, 9.17) is 0 Å². The largest absolute Gasteiger partial charge is 0.356 e. The first-order chi connectivity index (χ1) is 11.7. The van der Waals surface area contributed by atoms with Crippen LogP contribution < -0.4 is 5.32 Å². The molecule has 2 saturated heterocycles. The lowest BCUT2D eigenvalue weighted by Gasteiger charge is -2.37. The van der Waals surface area contributed by atoms with Gasteiger partial charge in [0.2, 0.25) is 5.91 Å². The summed E-state index contributed by atoms with van der Waals surface area (Å²) in [6.45, 7) is 7.20. The molecule has 0 radical (unpaired) electrons. The highest BCUT2D eigenvalue weighted by Crippen LogP contribution is 2.10. The van der Waals surface area contributed by atoms with Crippen LogP contribution in [-0.2, 0) is 4.79 Å². The maximum Gasteiger partial charge on any atom is 0.236 e. The Labute approximate surface area is 174 Å². The highest BCUT2D eigenvalue weighted by Gasteiger charge is 2.23. The van der Waals surface area contributed by atoms with Crippen molar-refractivity contribution in [2.45, 2.75) is 25.7 Å². The summed E-state index contributed by atoms with van der Waals surface area (Å²) in [5, 5.41) is 3.45. The monoisotopic (exact) mass is 483 g/mol. The number of hydrogen-bond acceptors (Lipinski definition) is 4. The van der Waals surface area contributed by atoms with Crippen LogP contribution in [0.3, 0.4) is 0 Å². The molecule has 146 valence electrons. The van der Waals surface area contributed by atoms with E-state index in [0.29, 0.717) is 12.5 Å². The van der Waals surface area contributed by atoms with E-state index in [-0.39, 0.29) is 24.0 Å². The molecule has 0 unspecified atom stereocenters. The van der Waals surface area contributed by atoms with Gasteiger partial charge in [-0.3, -0.25) is 14.7 Å². The van der Waals surface area contributed by atoms with Crippen LogP contribution in [0.5, 0.6) is 0 Å². The fourth-order valence-electron chi connectivity index (χ4n) is 3.30. The third kappa shape index (κ3) is 7.90. The van der Waals surface area contributed by atoms with Gasteiger partial charge >= 0.3 is 0 Å². The van der Waals surface area contributed by atoms with Crippen LogP contribution >= 0.6 is 35.7 Å². The van der Waals surface area contributed by atoms with Crippen molar-refractivity contribution in [3.05, 3.63) is 0 Å². The second-order valence-corrected chi connectivity index (χ2v) is 7.51. The van der Waals surface area contributed by atoms with Gasteiger partial charge in [0.25, 0.3) is 0 Å². The second-order valence-electron chi connectivity index (χ2n) is 6.52. The number of carbonyl (C=O) groups is 1. The number of halogens is 1. The lowest BCUT2D eigenvalue weighted by molar-refractivity contribution is -0.133. The summed E-state index contributed by atoms with van der Waals surface area (Å²) < 4.78 is 0. The molecule has 2 aliphatic rings. The molecule has 1 amide bonds. The summed E-state index contributed by atoms with van der Waals surface area (Å²) in [7, 11) is 1.85. The molecule has 6 nitrogen and oxygen atoms in total. The number of nitrogens with one attached hydrogen (secondary N) is 1. The zero-order chi connectivity index (χ0) is 17.2. The summed E-state index contributed by atoms with van der Waals surface area (Å²) in [6, 6.07) is 0. The summed E-state index contributed by atoms with van der Waals surface area (Å²) in [5.74, 6) is 2.48. The Morgan fingerprint density at radius 2 is 1.72 bits per heavy atom. The average Bonchev–Trinajstić information content (AvgIpc) is 2.63. The van der Waals surface area contributed by atoms with Gasteiger partial charge in [0.1, 0.15) is 0 Å². The lowest BCUT2D eigenvalue weighted by atomic mass is 10.1. The van der Waals surface area contributed by atoms with E-state index in [1.165, 1.54) is 12.2 Å². The number of carbonyl (C=O) groups excluding carboxylic acids is 1. The second kappa shape index (κ2) is 13.0. The summed E-state index contributed by atoms with van der Waals surface area (Å²) in [4.78, 5) is 23.4. The molecular formula is C17H34IN5OS. The Kier molecular flexibility index (Phi) is 11.9. The molecule has 8 heteroatoms. The van der Waals surface area contributed by atoms with Gasteiger partial charge in [0.05, 0.1) is 6.54 Å². The number of likely N-dealkylation sites (tertiary alicyclic amines) is 1. The van der Waals surface area contributed by atoms with Gasteiger partial charge in [0, 0.05) is 52.9 Å². The number of hydrogen-bond donors (Lipinski definition) is 1. The smallest absolute Gasteiger partial charge is 0.236 e. The molecule has 0 aromatic rings. The van der Waals surface area contributed by atoms with Crippen LogP contribution in [0.2, 0.25) is 0 Å². The van der Waals surface area contributed by atoms with E-state index in [9.17, 15) is 4.79 Å². The minimum atomic E-state index is 0. The number of piperazine rings is 1. The Morgan fingerprint density at radius 3 is 2.32 bits per heavy atom. The standard InChI is InChI=1S/C17H33N5OS.HI/c1-18-17(19-7-6-14-24-2)22-12-10-20(11-13-22)15-16(23)21-8-4-3-5-9-21;/h3-15H2,1-2H3,(H,18,19);1H. The number of amides is 1. The van der Waals surface area contributed by atoms with E-state index >= 15 is 0 Å². The van der Waals surface area contributed by atoms with Crippen molar-refractivity contribution in [1.82, 2.24) is 20.0 Å². The molecular weight excluding hydrogens is 449 g/mol. The summed E-state index contributed by atoms with van der Waals surface area (Å²) in [6.07, 6.45) is 6.89. The molecule has 1 N–H and O–H groups in total. The first-order valence-corrected chi connectivity index (χ1v) is 10.6. The van der Waals surface area contributed by atoms with Crippen LogP contribution in [0, 0.1) is 0 Å². The normalized spacial score (nSPS) is 19.5. The van der Waals surface area contributed by atoms with Crippen molar-refractivity contribution < 1.29 is 4.79 Å². The molecule has 0 aromatic carbocycles. The van der Waals surface area contributed by atoms with Gasteiger partial charge in [-0.05, 0) is 37.7 Å². The molecule has 0 bridgehead atoms. The first kappa shape index (κ1) is 22.8. The quantitative estimate of drug-likeness (QED) is 0.269. The lowest BCUT2D eigenvalue weighted by Crippen LogP contribution is -2.54. The summed E-state index contributed by atoms with van der Waals surface area (Å²) in [5.41, 5.74) is 0. The van der Waals surface area contributed by atoms with Crippen molar-refractivity contribution in [1.29, 1.82) is 0 Å². The van der Waals surface area contributed by atoms with Gasteiger partial charge in [-0.2, -0.15) is 11.8 Å². The van der Waals surface area contributed by atoms with E-state index in [0.717, 1.165) is 71.0 Å². The Hall–Kier alpha value is -0.220. The highest BCUT2D eigenvalue weighted by molar-refractivity contribution is 14.0. The van der Waals surface area contributed by atoms with E-state index in [2.05, 4.69) is 26.4 Å². The number of nitrogens with zero attached hydrogens (tertiary/aromatic N) is 4. The fraction of sp³-hybridized carbons (Fsp3) is 0.882. The van der Waals surface area contributed by atoms with Gasteiger partial charge in [-0.1, -0.05) is 0 Å². The Balaban J connectivity index is 0.00000312. The maximum absolute atomic E-state index is 12.4. The van der Waals surface area contributed by atoms with Crippen LogP contribution in [-0.4, -0.2) is 98.0 Å². The number of guanidine groups is 1. The zero-order valence-corrected chi connectivity index (χ0v) is 18.9. The van der Waals surface area contributed by atoms with Crippen molar-refractivity contribution >= 4 is 47.6 Å². The van der Waals surface area contributed by atoms with E-state index in [1.807, 2.05) is 23.7 Å². The Bertz CT molecular complexity index is 410. The molecule has 0 aromatic heterocycles. The van der Waals surface area contributed by atoms with Gasteiger partial charge in [0.15, 0.2) is 5.96 Å². The fourth-order valence-corrected chi connectivity index (χ4v) is 3.73. The SMILES string of the molecule is CN=C(NCCCSC)N1CCN(CC(=O)N2CCCCC2)CC1.I. The molecule has 25 heavy (non-hydrogen) atoms. The average molecular weight is 483 g/mol. The predicted octanol–water partition coefficient (Wildman–Crippen LogP) is 1.56. The molecule has 0 atom stereocenters. The molecule has 0 spiro atoms. The third-order valence-corrected chi connectivity index (χ3v) is 5.46.